The molecule has 1 aromatic heterocycles. The van der Waals surface area contributed by atoms with Crippen molar-refractivity contribution >= 4 is 22.6 Å². The van der Waals surface area contributed by atoms with Crippen LogP contribution in [0.25, 0.3) is 11.3 Å². The standard InChI is InChI=1S/C16H20INO/c1-3-10-18-12(2)11-13-8-9-16(19-13)14-6-4-5-7-15(14)17/h4-9,12,18H,3,10-11H2,1-2H3. The zero-order valence-electron chi connectivity index (χ0n) is 11.4. The quantitative estimate of drug-likeness (QED) is 0.760. The Hall–Kier alpha value is -0.810. The number of furan rings is 1. The van der Waals surface area contributed by atoms with E-state index in [2.05, 4.69) is 66.0 Å². The normalized spacial score (nSPS) is 12.6. The topological polar surface area (TPSA) is 25.2 Å². The van der Waals surface area contributed by atoms with Crippen LogP contribution in [0.15, 0.2) is 40.8 Å². The fourth-order valence-electron chi connectivity index (χ4n) is 2.06. The lowest BCUT2D eigenvalue weighted by Gasteiger charge is -2.11. The third-order valence-corrected chi connectivity index (χ3v) is 3.99. The summed E-state index contributed by atoms with van der Waals surface area (Å²) in [6.45, 7) is 5.44. The molecule has 0 aliphatic carbocycles. The van der Waals surface area contributed by atoms with Crippen molar-refractivity contribution in [1.29, 1.82) is 0 Å². The molecule has 1 aromatic carbocycles. The minimum Gasteiger partial charge on any atom is -0.461 e. The zero-order valence-corrected chi connectivity index (χ0v) is 13.6. The number of hydrogen-bond donors (Lipinski definition) is 1. The average molecular weight is 369 g/mol. The number of hydrogen-bond acceptors (Lipinski definition) is 2. The van der Waals surface area contributed by atoms with Gasteiger partial charge in [0.05, 0.1) is 0 Å². The van der Waals surface area contributed by atoms with Gasteiger partial charge in [0.25, 0.3) is 0 Å². The van der Waals surface area contributed by atoms with Crippen molar-refractivity contribution in [2.24, 2.45) is 0 Å². The molecule has 2 rings (SSSR count). The van der Waals surface area contributed by atoms with E-state index in [1.165, 1.54) is 9.13 Å². The molecule has 1 unspecified atom stereocenters. The van der Waals surface area contributed by atoms with E-state index in [9.17, 15) is 0 Å². The molecule has 19 heavy (non-hydrogen) atoms. The van der Waals surface area contributed by atoms with E-state index in [1.807, 2.05) is 12.1 Å². The summed E-state index contributed by atoms with van der Waals surface area (Å²) < 4.78 is 7.18. The molecule has 0 spiro atoms. The minimum absolute atomic E-state index is 0.453. The summed E-state index contributed by atoms with van der Waals surface area (Å²) >= 11 is 2.34. The molecule has 0 amide bonds. The van der Waals surface area contributed by atoms with Crippen LogP contribution in [0, 0.1) is 3.57 Å². The van der Waals surface area contributed by atoms with Gasteiger partial charge in [0.15, 0.2) is 0 Å². The zero-order chi connectivity index (χ0) is 13.7. The van der Waals surface area contributed by atoms with Crippen molar-refractivity contribution in [2.45, 2.75) is 32.7 Å². The van der Waals surface area contributed by atoms with E-state index < -0.39 is 0 Å². The van der Waals surface area contributed by atoms with Crippen LogP contribution in [0.1, 0.15) is 26.0 Å². The summed E-state index contributed by atoms with van der Waals surface area (Å²) in [6.07, 6.45) is 2.10. The maximum absolute atomic E-state index is 5.96. The Kier molecular flexibility index (Phi) is 5.45. The molecule has 0 radical (unpaired) electrons. The van der Waals surface area contributed by atoms with Crippen LogP contribution in [0.4, 0.5) is 0 Å². The highest BCUT2D eigenvalue weighted by atomic mass is 127. The lowest BCUT2D eigenvalue weighted by molar-refractivity contribution is 0.464. The highest BCUT2D eigenvalue weighted by Gasteiger charge is 2.10. The molecule has 0 aliphatic rings. The molecular weight excluding hydrogens is 349 g/mol. The Morgan fingerprint density at radius 3 is 2.74 bits per heavy atom. The largest absolute Gasteiger partial charge is 0.461 e. The molecule has 2 aromatic rings. The number of nitrogens with one attached hydrogen (secondary N) is 1. The molecule has 102 valence electrons. The van der Waals surface area contributed by atoms with E-state index in [0.29, 0.717) is 6.04 Å². The highest BCUT2D eigenvalue weighted by molar-refractivity contribution is 14.1. The summed E-state index contributed by atoms with van der Waals surface area (Å²) in [7, 11) is 0. The van der Waals surface area contributed by atoms with E-state index in [1.54, 1.807) is 0 Å². The highest BCUT2D eigenvalue weighted by Crippen LogP contribution is 2.27. The first-order chi connectivity index (χ1) is 9.20. The lowest BCUT2D eigenvalue weighted by atomic mass is 10.2. The number of halogens is 1. The van der Waals surface area contributed by atoms with Crippen molar-refractivity contribution in [2.75, 3.05) is 6.54 Å². The van der Waals surface area contributed by atoms with E-state index in [0.717, 1.165) is 30.9 Å². The van der Waals surface area contributed by atoms with Crippen molar-refractivity contribution in [1.82, 2.24) is 5.32 Å². The fourth-order valence-corrected chi connectivity index (χ4v) is 2.71. The molecule has 3 heteroatoms. The van der Waals surface area contributed by atoms with Crippen LogP contribution < -0.4 is 5.32 Å². The van der Waals surface area contributed by atoms with Gasteiger partial charge in [-0.25, -0.2) is 0 Å². The van der Waals surface area contributed by atoms with Gasteiger partial charge in [-0.3, -0.25) is 0 Å². The van der Waals surface area contributed by atoms with Gasteiger partial charge in [-0.2, -0.15) is 0 Å². The molecule has 1 N–H and O–H groups in total. The molecule has 0 bridgehead atoms. The van der Waals surface area contributed by atoms with Crippen LogP contribution in [-0.2, 0) is 6.42 Å². The Labute approximate surface area is 128 Å². The first-order valence-electron chi connectivity index (χ1n) is 6.77. The Balaban J connectivity index is 2.05. The number of rotatable bonds is 6. The van der Waals surface area contributed by atoms with Gasteiger partial charge in [-0.1, -0.05) is 25.1 Å². The Morgan fingerprint density at radius 1 is 1.21 bits per heavy atom. The van der Waals surface area contributed by atoms with Crippen LogP contribution in [-0.4, -0.2) is 12.6 Å². The van der Waals surface area contributed by atoms with Crippen LogP contribution >= 0.6 is 22.6 Å². The van der Waals surface area contributed by atoms with Gasteiger partial charge in [0.1, 0.15) is 11.5 Å². The van der Waals surface area contributed by atoms with E-state index in [4.69, 9.17) is 4.42 Å². The molecule has 1 atom stereocenters. The van der Waals surface area contributed by atoms with Gasteiger partial charge in [0, 0.05) is 21.6 Å². The first-order valence-corrected chi connectivity index (χ1v) is 7.85. The monoisotopic (exact) mass is 369 g/mol. The summed E-state index contributed by atoms with van der Waals surface area (Å²) in [5.74, 6) is 2.01. The third-order valence-electron chi connectivity index (χ3n) is 3.05. The summed E-state index contributed by atoms with van der Waals surface area (Å²) in [5, 5.41) is 3.48. The fraction of sp³-hybridized carbons (Fsp3) is 0.375. The Bertz CT molecular complexity index is 521. The summed E-state index contributed by atoms with van der Waals surface area (Å²) in [6, 6.07) is 12.9. The molecule has 2 nitrogen and oxygen atoms in total. The Morgan fingerprint density at radius 2 is 2.00 bits per heavy atom. The van der Waals surface area contributed by atoms with E-state index in [-0.39, 0.29) is 0 Å². The second-order valence-corrected chi connectivity index (χ2v) is 5.97. The van der Waals surface area contributed by atoms with Crippen molar-refractivity contribution in [3.8, 4) is 11.3 Å². The van der Waals surface area contributed by atoms with Gasteiger partial charge in [0.2, 0.25) is 0 Å². The maximum atomic E-state index is 5.96. The molecule has 0 saturated heterocycles. The second-order valence-electron chi connectivity index (χ2n) is 4.81. The van der Waals surface area contributed by atoms with Gasteiger partial charge in [-0.05, 0) is 60.7 Å². The first kappa shape index (κ1) is 14.6. The summed E-state index contributed by atoms with van der Waals surface area (Å²) in [4.78, 5) is 0. The number of benzene rings is 1. The second kappa shape index (κ2) is 7.10. The molecule has 0 fully saturated rings. The predicted octanol–water partition coefficient (Wildman–Crippen LogP) is 4.48. The SMILES string of the molecule is CCCNC(C)Cc1ccc(-c2ccccc2I)o1. The molecule has 0 aliphatic heterocycles. The van der Waals surface area contributed by atoms with Gasteiger partial charge in [-0.15, -0.1) is 0 Å². The van der Waals surface area contributed by atoms with Crippen molar-refractivity contribution in [3.63, 3.8) is 0 Å². The predicted molar refractivity (Wildman–Crippen MR) is 88.3 cm³/mol. The minimum atomic E-state index is 0.453. The van der Waals surface area contributed by atoms with E-state index >= 15 is 0 Å². The third kappa shape index (κ3) is 4.08. The molecule has 0 saturated carbocycles. The molecule has 1 heterocycles. The van der Waals surface area contributed by atoms with Crippen molar-refractivity contribution < 1.29 is 4.42 Å². The van der Waals surface area contributed by atoms with Gasteiger partial charge >= 0.3 is 0 Å². The maximum Gasteiger partial charge on any atom is 0.135 e. The molecular formula is C16H20INO. The van der Waals surface area contributed by atoms with Crippen LogP contribution in [0.5, 0.6) is 0 Å². The van der Waals surface area contributed by atoms with Gasteiger partial charge < -0.3 is 9.73 Å². The van der Waals surface area contributed by atoms with Crippen LogP contribution in [0.2, 0.25) is 0 Å². The lowest BCUT2D eigenvalue weighted by Crippen LogP contribution is -2.28. The van der Waals surface area contributed by atoms with Crippen molar-refractivity contribution in [3.05, 3.63) is 45.7 Å². The summed E-state index contributed by atoms with van der Waals surface area (Å²) in [5.41, 5.74) is 1.17. The average Bonchev–Trinajstić information content (AvgIpc) is 2.85. The smallest absolute Gasteiger partial charge is 0.135 e. The van der Waals surface area contributed by atoms with Crippen LogP contribution in [0.3, 0.4) is 0 Å².